The summed E-state index contributed by atoms with van der Waals surface area (Å²) < 4.78 is 0. The Balaban J connectivity index is 1.91. The summed E-state index contributed by atoms with van der Waals surface area (Å²) in [5.74, 6) is -0.973. The number of aromatic nitrogens is 3. The minimum absolute atomic E-state index is 0.235. The second-order valence-corrected chi connectivity index (χ2v) is 5.99. The summed E-state index contributed by atoms with van der Waals surface area (Å²) in [6, 6.07) is 9.41. The summed E-state index contributed by atoms with van der Waals surface area (Å²) in [4.78, 5) is 15.7. The SMILES string of the molecule is Cc1nc(-c2[nH]ncc2Cc2ccc(C#N)cc2)sc1C(=O)O. The quantitative estimate of drug-likeness (QED) is 0.768. The van der Waals surface area contributed by atoms with Crippen LogP contribution in [0.3, 0.4) is 0 Å². The number of carboxylic acids is 1. The first-order valence-electron chi connectivity index (χ1n) is 6.81. The molecular weight excluding hydrogens is 312 g/mol. The van der Waals surface area contributed by atoms with Crippen molar-refractivity contribution in [3.8, 4) is 16.8 Å². The molecule has 0 spiro atoms. The van der Waals surface area contributed by atoms with Gasteiger partial charge in [-0.05, 0) is 24.6 Å². The van der Waals surface area contributed by atoms with Gasteiger partial charge in [-0.25, -0.2) is 9.78 Å². The first-order chi connectivity index (χ1) is 11.1. The van der Waals surface area contributed by atoms with E-state index in [4.69, 9.17) is 10.4 Å². The number of carbonyl (C=O) groups is 1. The Bertz CT molecular complexity index is 903. The molecule has 0 amide bonds. The van der Waals surface area contributed by atoms with Crippen molar-refractivity contribution in [3.63, 3.8) is 0 Å². The fourth-order valence-corrected chi connectivity index (χ4v) is 3.18. The summed E-state index contributed by atoms with van der Waals surface area (Å²) in [5, 5.41) is 25.5. The Labute approximate surface area is 136 Å². The number of rotatable bonds is 4. The Kier molecular flexibility index (Phi) is 3.91. The second kappa shape index (κ2) is 6.02. The molecule has 0 aliphatic rings. The monoisotopic (exact) mass is 324 g/mol. The molecule has 0 bridgehead atoms. The first-order valence-corrected chi connectivity index (χ1v) is 7.62. The first kappa shape index (κ1) is 14.9. The fraction of sp³-hybridized carbons (Fsp3) is 0.125. The lowest BCUT2D eigenvalue weighted by molar-refractivity contribution is 0.0701. The average molecular weight is 324 g/mol. The maximum atomic E-state index is 11.2. The molecule has 2 heterocycles. The summed E-state index contributed by atoms with van der Waals surface area (Å²) >= 11 is 1.13. The maximum Gasteiger partial charge on any atom is 0.347 e. The van der Waals surface area contributed by atoms with Crippen LogP contribution in [0.2, 0.25) is 0 Å². The molecule has 0 unspecified atom stereocenters. The molecule has 2 aromatic heterocycles. The van der Waals surface area contributed by atoms with Crippen LogP contribution in [0.1, 0.15) is 32.1 Å². The highest BCUT2D eigenvalue weighted by molar-refractivity contribution is 7.17. The molecule has 0 atom stereocenters. The van der Waals surface area contributed by atoms with E-state index in [1.54, 1.807) is 25.3 Å². The number of aromatic amines is 1. The van der Waals surface area contributed by atoms with E-state index in [1.807, 2.05) is 12.1 Å². The van der Waals surface area contributed by atoms with E-state index in [0.717, 1.165) is 28.2 Å². The Morgan fingerprint density at radius 3 is 2.74 bits per heavy atom. The summed E-state index contributed by atoms with van der Waals surface area (Å²) in [7, 11) is 0. The van der Waals surface area contributed by atoms with Crippen LogP contribution in [0.25, 0.3) is 10.7 Å². The topological polar surface area (TPSA) is 103 Å². The molecule has 0 fully saturated rings. The Morgan fingerprint density at radius 1 is 1.39 bits per heavy atom. The zero-order chi connectivity index (χ0) is 16.4. The van der Waals surface area contributed by atoms with Crippen LogP contribution in [-0.2, 0) is 6.42 Å². The molecule has 0 radical (unpaired) electrons. The van der Waals surface area contributed by atoms with E-state index in [-0.39, 0.29) is 4.88 Å². The number of thiazole rings is 1. The number of nitrogens with one attached hydrogen (secondary N) is 1. The van der Waals surface area contributed by atoms with Gasteiger partial charge in [-0.2, -0.15) is 10.4 Å². The lowest BCUT2D eigenvalue weighted by Gasteiger charge is -2.01. The number of aromatic carboxylic acids is 1. The van der Waals surface area contributed by atoms with E-state index in [9.17, 15) is 4.79 Å². The zero-order valence-electron chi connectivity index (χ0n) is 12.2. The van der Waals surface area contributed by atoms with Crippen LogP contribution >= 0.6 is 11.3 Å². The lowest BCUT2D eigenvalue weighted by atomic mass is 10.0. The Hall–Kier alpha value is -2.98. The van der Waals surface area contributed by atoms with E-state index in [1.165, 1.54) is 0 Å². The van der Waals surface area contributed by atoms with Gasteiger partial charge in [-0.3, -0.25) is 5.10 Å². The molecule has 2 N–H and O–H groups in total. The molecular formula is C16H12N4O2S. The van der Waals surface area contributed by atoms with Crippen LogP contribution in [0.15, 0.2) is 30.5 Å². The van der Waals surface area contributed by atoms with Gasteiger partial charge in [-0.1, -0.05) is 12.1 Å². The largest absolute Gasteiger partial charge is 0.477 e. The van der Waals surface area contributed by atoms with Crippen LogP contribution in [0.4, 0.5) is 0 Å². The highest BCUT2D eigenvalue weighted by Crippen LogP contribution is 2.29. The third kappa shape index (κ3) is 2.98. The van der Waals surface area contributed by atoms with E-state index < -0.39 is 5.97 Å². The minimum atomic E-state index is -0.973. The normalized spacial score (nSPS) is 10.4. The van der Waals surface area contributed by atoms with Gasteiger partial charge in [0.05, 0.1) is 29.2 Å². The van der Waals surface area contributed by atoms with E-state index >= 15 is 0 Å². The lowest BCUT2D eigenvalue weighted by Crippen LogP contribution is -1.94. The summed E-state index contributed by atoms with van der Waals surface area (Å²) in [6.07, 6.45) is 2.34. The van der Waals surface area contributed by atoms with Crippen LogP contribution < -0.4 is 0 Å². The molecule has 3 aromatic rings. The molecule has 3 rings (SSSR count). The van der Waals surface area contributed by atoms with Gasteiger partial charge in [0.1, 0.15) is 9.88 Å². The number of benzene rings is 1. The average Bonchev–Trinajstić information content (AvgIpc) is 3.14. The van der Waals surface area contributed by atoms with Crippen molar-refractivity contribution in [2.75, 3.05) is 0 Å². The van der Waals surface area contributed by atoms with Crippen molar-refractivity contribution in [2.24, 2.45) is 0 Å². The molecule has 0 aliphatic heterocycles. The van der Waals surface area contributed by atoms with Gasteiger partial charge in [0.25, 0.3) is 0 Å². The van der Waals surface area contributed by atoms with Crippen molar-refractivity contribution >= 4 is 17.3 Å². The Morgan fingerprint density at radius 2 is 2.13 bits per heavy atom. The maximum absolute atomic E-state index is 11.2. The summed E-state index contributed by atoms with van der Waals surface area (Å²) in [6.45, 7) is 1.68. The number of hydrogen-bond donors (Lipinski definition) is 2. The van der Waals surface area contributed by atoms with Crippen molar-refractivity contribution in [1.29, 1.82) is 5.26 Å². The molecule has 1 aromatic carbocycles. The number of aryl methyl sites for hydroxylation is 1. The van der Waals surface area contributed by atoms with Crippen molar-refractivity contribution in [2.45, 2.75) is 13.3 Å². The summed E-state index contributed by atoms with van der Waals surface area (Å²) in [5.41, 5.74) is 3.81. The van der Waals surface area contributed by atoms with Crippen LogP contribution in [-0.4, -0.2) is 26.3 Å². The van der Waals surface area contributed by atoms with Crippen molar-refractivity contribution in [1.82, 2.24) is 15.2 Å². The third-order valence-electron chi connectivity index (χ3n) is 3.40. The number of hydrogen-bond acceptors (Lipinski definition) is 5. The second-order valence-electron chi connectivity index (χ2n) is 4.99. The smallest absolute Gasteiger partial charge is 0.347 e. The molecule has 23 heavy (non-hydrogen) atoms. The van der Waals surface area contributed by atoms with E-state index in [0.29, 0.717) is 22.7 Å². The van der Waals surface area contributed by atoms with Gasteiger partial charge >= 0.3 is 5.97 Å². The van der Waals surface area contributed by atoms with Crippen molar-refractivity contribution < 1.29 is 9.90 Å². The van der Waals surface area contributed by atoms with Gasteiger partial charge in [0, 0.05) is 12.0 Å². The highest BCUT2D eigenvalue weighted by Gasteiger charge is 2.18. The number of nitriles is 1. The molecule has 0 aliphatic carbocycles. The zero-order valence-corrected chi connectivity index (χ0v) is 13.0. The van der Waals surface area contributed by atoms with Crippen LogP contribution in [0, 0.1) is 18.3 Å². The number of carboxylic acid groups (broad SMARTS) is 1. The third-order valence-corrected chi connectivity index (χ3v) is 4.56. The molecule has 7 heteroatoms. The molecule has 114 valence electrons. The number of nitrogens with zero attached hydrogens (tertiary/aromatic N) is 3. The van der Waals surface area contributed by atoms with Gasteiger partial charge in [0.2, 0.25) is 0 Å². The predicted octanol–water partition coefficient (Wildman–Crippen LogP) is 3.00. The molecule has 6 nitrogen and oxygen atoms in total. The molecule has 0 saturated carbocycles. The fourth-order valence-electron chi connectivity index (χ4n) is 2.25. The number of H-pyrrole nitrogens is 1. The van der Waals surface area contributed by atoms with Gasteiger partial charge < -0.3 is 5.11 Å². The van der Waals surface area contributed by atoms with Crippen LogP contribution in [0.5, 0.6) is 0 Å². The predicted molar refractivity (Wildman–Crippen MR) is 85.4 cm³/mol. The van der Waals surface area contributed by atoms with Gasteiger partial charge in [-0.15, -0.1) is 11.3 Å². The minimum Gasteiger partial charge on any atom is -0.477 e. The molecule has 0 saturated heterocycles. The van der Waals surface area contributed by atoms with Crippen molar-refractivity contribution in [3.05, 3.63) is 57.7 Å². The highest BCUT2D eigenvalue weighted by atomic mass is 32.1. The standard InChI is InChI=1S/C16H12N4O2S/c1-9-14(16(21)22)23-15(19-9)13-12(8-18-20-13)6-10-2-4-11(7-17)5-3-10/h2-5,8H,6H2,1H3,(H,18,20)(H,21,22). The van der Waals surface area contributed by atoms with E-state index in [2.05, 4.69) is 21.3 Å². The van der Waals surface area contributed by atoms with Gasteiger partial charge in [0.15, 0.2) is 0 Å².